The van der Waals surface area contributed by atoms with E-state index in [2.05, 4.69) is 5.32 Å². The smallest absolute Gasteiger partial charge is 0.311 e. The summed E-state index contributed by atoms with van der Waals surface area (Å²) < 4.78 is 5.60. The largest absolute Gasteiger partial charge is 0.426 e. The number of fused-ring (bicyclic) bond motifs is 1. The summed E-state index contributed by atoms with van der Waals surface area (Å²) in [5.74, 6) is -2.89. The van der Waals surface area contributed by atoms with Crippen LogP contribution in [0.3, 0.4) is 0 Å². The molecule has 0 fully saturated rings. The van der Waals surface area contributed by atoms with Crippen LogP contribution in [0.15, 0.2) is 36.4 Å². The maximum absolute atomic E-state index is 13.9. The molecule has 0 bridgehead atoms. The highest BCUT2D eigenvalue weighted by Gasteiger charge is 2.59. The number of nitrogens with one attached hydrogen (secondary N) is 1. The van der Waals surface area contributed by atoms with Gasteiger partial charge in [0.2, 0.25) is 17.5 Å². The van der Waals surface area contributed by atoms with Gasteiger partial charge in [-0.15, -0.1) is 0 Å². The number of carbonyl (C=O) groups is 4. The second-order valence-electron chi connectivity index (χ2n) is 8.80. The Bertz CT molecular complexity index is 1220. The second kappa shape index (κ2) is 10.2. The SMILES string of the molecule is CCCC(=O)NC1(c2ccc(C(C)C)cc2OC(=O)CCC)C(=O)c2cccc([N+](=O)[O-])c2C1=O. The number of benzene rings is 2. The molecule has 0 aliphatic heterocycles. The highest BCUT2D eigenvalue weighted by atomic mass is 16.6. The Kier molecular flexibility index (Phi) is 7.48. The zero-order valence-electron chi connectivity index (χ0n) is 20.2. The van der Waals surface area contributed by atoms with Crippen molar-refractivity contribution in [2.24, 2.45) is 0 Å². The van der Waals surface area contributed by atoms with Gasteiger partial charge >= 0.3 is 5.97 Å². The van der Waals surface area contributed by atoms with Crippen LogP contribution in [-0.2, 0) is 15.1 Å². The van der Waals surface area contributed by atoms with Crippen LogP contribution < -0.4 is 10.1 Å². The molecule has 1 N–H and O–H groups in total. The first-order valence-corrected chi connectivity index (χ1v) is 11.6. The van der Waals surface area contributed by atoms with Crippen LogP contribution in [0, 0.1) is 10.1 Å². The average molecular weight is 481 g/mol. The van der Waals surface area contributed by atoms with E-state index < -0.39 is 39.6 Å². The lowest BCUT2D eigenvalue weighted by atomic mass is 9.82. The number of amides is 1. The maximum atomic E-state index is 13.9. The van der Waals surface area contributed by atoms with Crippen LogP contribution in [0.1, 0.15) is 91.1 Å². The molecule has 0 heterocycles. The van der Waals surface area contributed by atoms with E-state index in [0.29, 0.717) is 12.8 Å². The minimum Gasteiger partial charge on any atom is -0.426 e. The summed E-state index contributed by atoms with van der Waals surface area (Å²) in [7, 11) is 0. The van der Waals surface area contributed by atoms with Crippen LogP contribution in [-0.4, -0.2) is 28.4 Å². The van der Waals surface area contributed by atoms with Crippen LogP contribution >= 0.6 is 0 Å². The van der Waals surface area contributed by atoms with Crippen molar-refractivity contribution < 1.29 is 28.8 Å². The summed E-state index contributed by atoms with van der Waals surface area (Å²) in [5.41, 5.74) is -2.62. The number of Topliss-reactive ketones (excluding diaryl/α,β-unsaturated/α-hetero) is 2. The topological polar surface area (TPSA) is 133 Å². The summed E-state index contributed by atoms with van der Waals surface area (Å²) in [4.78, 5) is 63.9. The van der Waals surface area contributed by atoms with Gasteiger partial charge < -0.3 is 10.1 Å². The number of ketones is 2. The fourth-order valence-electron chi connectivity index (χ4n) is 4.21. The monoisotopic (exact) mass is 480 g/mol. The van der Waals surface area contributed by atoms with Gasteiger partial charge in [-0.25, -0.2) is 0 Å². The molecule has 0 saturated heterocycles. The Morgan fingerprint density at radius 2 is 1.74 bits per heavy atom. The van der Waals surface area contributed by atoms with Gasteiger partial charge in [-0.3, -0.25) is 29.3 Å². The molecule has 0 radical (unpaired) electrons. The third-order valence-corrected chi connectivity index (χ3v) is 5.95. The molecule has 0 spiro atoms. The first kappa shape index (κ1) is 25.7. The van der Waals surface area contributed by atoms with E-state index in [0.717, 1.165) is 11.6 Å². The van der Waals surface area contributed by atoms with Gasteiger partial charge in [-0.05, 0) is 30.4 Å². The number of esters is 1. The van der Waals surface area contributed by atoms with Crippen molar-refractivity contribution in [3.63, 3.8) is 0 Å². The van der Waals surface area contributed by atoms with Crippen LogP contribution in [0.2, 0.25) is 0 Å². The van der Waals surface area contributed by atoms with E-state index in [1.54, 1.807) is 26.0 Å². The Morgan fingerprint density at radius 3 is 2.34 bits per heavy atom. The summed E-state index contributed by atoms with van der Waals surface area (Å²) in [5, 5.41) is 14.2. The molecular weight excluding hydrogens is 452 g/mol. The Balaban J connectivity index is 2.32. The van der Waals surface area contributed by atoms with Gasteiger partial charge in [0.15, 0.2) is 5.54 Å². The number of hydrogen-bond acceptors (Lipinski definition) is 7. The van der Waals surface area contributed by atoms with E-state index in [1.165, 1.54) is 18.2 Å². The quantitative estimate of drug-likeness (QED) is 0.182. The van der Waals surface area contributed by atoms with Crippen molar-refractivity contribution in [1.29, 1.82) is 0 Å². The minimum absolute atomic E-state index is 0.0236. The van der Waals surface area contributed by atoms with E-state index in [1.807, 2.05) is 13.8 Å². The number of hydrogen-bond donors (Lipinski definition) is 1. The highest BCUT2D eigenvalue weighted by Crippen LogP contribution is 2.45. The van der Waals surface area contributed by atoms with Crippen molar-refractivity contribution in [3.05, 3.63) is 68.8 Å². The lowest BCUT2D eigenvalue weighted by Gasteiger charge is -2.30. The number of rotatable bonds is 9. The van der Waals surface area contributed by atoms with Gasteiger partial charge in [0.1, 0.15) is 11.3 Å². The number of carbonyl (C=O) groups excluding carboxylic acids is 4. The molecule has 9 nitrogen and oxygen atoms in total. The number of nitro groups is 1. The van der Waals surface area contributed by atoms with E-state index in [4.69, 9.17) is 4.74 Å². The third-order valence-electron chi connectivity index (χ3n) is 5.95. The normalized spacial score (nSPS) is 16.8. The first-order valence-electron chi connectivity index (χ1n) is 11.6. The Morgan fingerprint density at radius 1 is 1.06 bits per heavy atom. The molecule has 184 valence electrons. The molecule has 0 saturated carbocycles. The summed E-state index contributed by atoms with van der Waals surface area (Å²) in [6.07, 6.45) is 1.10. The number of nitrogens with zero attached hydrogens (tertiary/aromatic N) is 1. The van der Waals surface area contributed by atoms with Crippen LogP contribution in [0.25, 0.3) is 0 Å². The zero-order chi connectivity index (χ0) is 25.9. The lowest BCUT2D eigenvalue weighted by Crippen LogP contribution is -2.54. The molecule has 1 atom stereocenters. The van der Waals surface area contributed by atoms with Crippen molar-refractivity contribution in [2.75, 3.05) is 0 Å². The number of ether oxygens (including phenoxy) is 1. The Hall–Kier alpha value is -3.88. The molecule has 35 heavy (non-hydrogen) atoms. The lowest BCUT2D eigenvalue weighted by molar-refractivity contribution is -0.385. The summed E-state index contributed by atoms with van der Waals surface area (Å²) in [6.45, 7) is 7.42. The fraction of sp³-hybridized carbons (Fsp3) is 0.385. The van der Waals surface area contributed by atoms with E-state index in [-0.39, 0.29) is 41.2 Å². The molecule has 9 heteroatoms. The molecule has 2 aromatic rings. The van der Waals surface area contributed by atoms with Gasteiger partial charge in [0.25, 0.3) is 5.69 Å². The van der Waals surface area contributed by atoms with E-state index >= 15 is 0 Å². The van der Waals surface area contributed by atoms with Gasteiger partial charge in [0, 0.05) is 30.0 Å². The zero-order valence-corrected chi connectivity index (χ0v) is 20.2. The van der Waals surface area contributed by atoms with Crippen LogP contribution in [0.5, 0.6) is 5.75 Å². The number of nitro benzene ring substituents is 1. The molecule has 2 aromatic carbocycles. The van der Waals surface area contributed by atoms with E-state index in [9.17, 15) is 29.3 Å². The first-order chi connectivity index (χ1) is 16.6. The molecule has 1 aliphatic rings. The average Bonchev–Trinajstić information content (AvgIpc) is 3.01. The highest BCUT2D eigenvalue weighted by molar-refractivity contribution is 6.35. The summed E-state index contributed by atoms with van der Waals surface area (Å²) >= 11 is 0. The van der Waals surface area contributed by atoms with Crippen molar-refractivity contribution >= 4 is 29.1 Å². The maximum Gasteiger partial charge on any atom is 0.311 e. The predicted molar refractivity (Wildman–Crippen MR) is 128 cm³/mol. The molecular formula is C26H28N2O7. The molecule has 3 rings (SSSR count). The standard InChI is InChI=1S/C26H28N2O7/c1-5-8-21(29)27-26(24(31)17-10-7-11-19(28(33)34)23(17)25(26)32)18-13-12-16(15(3)4)14-20(18)35-22(30)9-6-2/h7,10-15H,5-6,8-9H2,1-4H3,(H,27,29). The molecule has 1 aliphatic carbocycles. The van der Waals surface area contributed by atoms with Crippen molar-refractivity contribution in [1.82, 2.24) is 5.32 Å². The molecule has 1 unspecified atom stereocenters. The van der Waals surface area contributed by atoms with Crippen LogP contribution in [0.4, 0.5) is 5.69 Å². The molecule has 0 aromatic heterocycles. The van der Waals surface area contributed by atoms with Gasteiger partial charge in [-0.2, -0.15) is 0 Å². The third kappa shape index (κ3) is 4.58. The predicted octanol–water partition coefficient (Wildman–Crippen LogP) is 4.61. The fourth-order valence-corrected chi connectivity index (χ4v) is 4.21. The second-order valence-corrected chi connectivity index (χ2v) is 8.80. The minimum atomic E-state index is -2.29. The summed E-state index contributed by atoms with van der Waals surface area (Å²) in [6, 6.07) is 8.50. The molecule has 1 amide bonds. The van der Waals surface area contributed by atoms with Gasteiger partial charge in [0.05, 0.1) is 4.92 Å². The van der Waals surface area contributed by atoms with Crippen molar-refractivity contribution in [3.8, 4) is 5.75 Å². The van der Waals surface area contributed by atoms with Crippen molar-refractivity contribution in [2.45, 2.75) is 64.8 Å². The van der Waals surface area contributed by atoms with Gasteiger partial charge in [-0.1, -0.05) is 52.0 Å². The Labute approximate surface area is 203 Å².